The number of hydrogen-bond acceptors (Lipinski definition) is 2. The number of hydrogen-bond donors (Lipinski definition) is 1. The Morgan fingerprint density at radius 2 is 2.50 bits per heavy atom. The van der Waals surface area contributed by atoms with E-state index in [0.717, 1.165) is 0 Å². The number of rotatable bonds is 2. The fourth-order valence-electron chi connectivity index (χ4n) is 0.676. The molecule has 0 radical (unpaired) electrons. The van der Waals surface area contributed by atoms with Crippen molar-refractivity contribution in [2.45, 2.75) is 12.6 Å². The molecule has 1 rings (SSSR count). The lowest BCUT2D eigenvalue weighted by Crippen LogP contribution is -2.25. The van der Waals surface area contributed by atoms with E-state index in [0.29, 0.717) is 0 Å². The van der Waals surface area contributed by atoms with Gasteiger partial charge in [0.25, 0.3) is 0 Å². The summed E-state index contributed by atoms with van der Waals surface area (Å²) in [6.45, 7) is 1.34. The minimum absolute atomic E-state index is 0.0550. The van der Waals surface area contributed by atoms with Crippen molar-refractivity contribution in [2.75, 3.05) is 6.54 Å². The van der Waals surface area contributed by atoms with E-state index in [-0.39, 0.29) is 12.3 Å². The zero-order valence-corrected chi connectivity index (χ0v) is 5.80. The quantitative estimate of drug-likeness (QED) is 0.680. The van der Waals surface area contributed by atoms with E-state index in [2.05, 4.69) is 0 Å². The Hall–Kier alpha value is -0.830. The van der Waals surface area contributed by atoms with Crippen LogP contribution in [0.25, 0.3) is 0 Å². The molecular weight excluding hydrogens is 133 g/mol. The highest BCUT2D eigenvalue weighted by atomic mass is 19.1. The van der Waals surface area contributed by atoms with Crippen LogP contribution in [0.15, 0.2) is 22.8 Å². The van der Waals surface area contributed by atoms with Crippen molar-refractivity contribution in [3.05, 3.63) is 24.2 Å². The van der Waals surface area contributed by atoms with E-state index in [4.69, 9.17) is 10.2 Å². The van der Waals surface area contributed by atoms with Crippen LogP contribution in [0, 0.1) is 0 Å². The van der Waals surface area contributed by atoms with E-state index >= 15 is 0 Å². The summed E-state index contributed by atoms with van der Waals surface area (Å²) in [5, 5.41) is 0. The first kappa shape index (κ1) is 7.28. The smallest absolute Gasteiger partial charge is 0.177 e. The molecule has 0 saturated heterocycles. The molecule has 1 heterocycles. The van der Waals surface area contributed by atoms with E-state index in [1.54, 1.807) is 12.1 Å². The lowest BCUT2D eigenvalue weighted by Gasteiger charge is -2.13. The van der Waals surface area contributed by atoms with Gasteiger partial charge in [-0.25, -0.2) is 4.39 Å². The molecule has 10 heavy (non-hydrogen) atoms. The summed E-state index contributed by atoms with van der Waals surface area (Å²) in [5.41, 5.74) is 3.64. The topological polar surface area (TPSA) is 39.2 Å². The van der Waals surface area contributed by atoms with Crippen molar-refractivity contribution in [3.63, 3.8) is 0 Å². The van der Waals surface area contributed by atoms with Gasteiger partial charge in [-0.15, -0.1) is 0 Å². The summed E-state index contributed by atoms with van der Waals surface area (Å²) < 4.78 is 18.0. The molecule has 0 fully saturated rings. The van der Waals surface area contributed by atoms with Crippen molar-refractivity contribution >= 4 is 0 Å². The van der Waals surface area contributed by atoms with Crippen LogP contribution < -0.4 is 5.73 Å². The van der Waals surface area contributed by atoms with Gasteiger partial charge in [0.05, 0.1) is 6.26 Å². The standard InChI is InChI=1S/C7H10FNO/c1-7(8,5-9)6-3-2-4-10-6/h2-4H,5,9H2,1H3. The Kier molecular flexibility index (Phi) is 1.76. The minimum Gasteiger partial charge on any atom is -0.466 e. The van der Waals surface area contributed by atoms with Crippen LogP contribution >= 0.6 is 0 Å². The predicted octanol–water partition coefficient (Wildman–Crippen LogP) is 1.42. The van der Waals surface area contributed by atoms with E-state index in [1.165, 1.54) is 13.2 Å². The maximum Gasteiger partial charge on any atom is 0.177 e. The highest BCUT2D eigenvalue weighted by Crippen LogP contribution is 2.23. The highest BCUT2D eigenvalue weighted by Gasteiger charge is 2.26. The Bertz CT molecular complexity index is 193. The molecule has 0 aromatic carbocycles. The molecule has 2 nitrogen and oxygen atoms in total. The Balaban J connectivity index is 2.85. The van der Waals surface area contributed by atoms with Crippen LogP contribution in [0.1, 0.15) is 12.7 Å². The molecule has 0 aliphatic carbocycles. The van der Waals surface area contributed by atoms with Gasteiger partial charge in [-0.3, -0.25) is 0 Å². The van der Waals surface area contributed by atoms with Crippen LogP contribution in [0.4, 0.5) is 4.39 Å². The summed E-state index contributed by atoms with van der Waals surface area (Å²) in [4.78, 5) is 0. The van der Waals surface area contributed by atoms with Crippen LogP contribution in [-0.4, -0.2) is 6.54 Å². The summed E-state index contributed by atoms with van der Waals surface area (Å²) in [7, 11) is 0. The third-order valence-corrected chi connectivity index (χ3v) is 1.42. The number of alkyl halides is 1. The SMILES string of the molecule is CC(F)(CN)c1ccco1. The Labute approximate surface area is 58.8 Å². The molecule has 3 heteroatoms. The Morgan fingerprint density at radius 1 is 1.80 bits per heavy atom. The summed E-state index contributed by atoms with van der Waals surface area (Å²) in [5.74, 6) is 0.287. The average Bonchev–Trinajstić information content (AvgIpc) is 2.38. The molecule has 1 aromatic rings. The number of nitrogens with two attached hydrogens (primary N) is 1. The van der Waals surface area contributed by atoms with Crippen molar-refractivity contribution in [2.24, 2.45) is 5.73 Å². The third kappa shape index (κ3) is 1.19. The van der Waals surface area contributed by atoms with Gasteiger partial charge in [-0.05, 0) is 19.1 Å². The second kappa shape index (κ2) is 2.42. The molecule has 0 spiro atoms. The Morgan fingerprint density at radius 3 is 2.90 bits per heavy atom. The van der Waals surface area contributed by atoms with Gasteiger partial charge < -0.3 is 10.2 Å². The molecule has 1 atom stereocenters. The molecule has 2 N–H and O–H groups in total. The molecule has 1 unspecified atom stereocenters. The van der Waals surface area contributed by atoms with Gasteiger partial charge >= 0.3 is 0 Å². The van der Waals surface area contributed by atoms with E-state index in [1.807, 2.05) is 0 Å². The molecule has 56 valence electrons. The maximum atomic E-state index is 13.2. The van der Waals surface area contributed by atoms with Crippen molar-refractivity contribution in [1.29, 1.82) is 0 Å². The molecule has 1 aromatic heterocycles. The van der Waals surface area contributed by atoms with Gasteiger partial charge in [-0.1, -0.05) is 0 Å². The van der Waals surface area contributed by atoms with Crippen LogP contribution in [0.3, 0.4) is 0 Å². The van der Waals surface area contributed by atoms with Crippen LogP contribution in [0.2, 0.25) is 0 Å². The highest BCUT2D eigenvalue weighted by molar-refractivity contribution is 5.08. The predicted molar refractivity (Wildman–Crippen MR) is 36.2 cm³/mol. The monoisotopic (exact) mass is 143 g/mol. The summed E-state index contributed by atoms with van der Waals surface area (Å²) in [6.07, 6.45) is 1.43. The van der Waals surface area contributed by atoms with Crippen LogP contribution in [0.5, 0.6) is 0 Å². The molecule has 0 aliphatic heterocycles. The second-order valence-electron chi connectivity index (χ2n) is 2.38. The molecule has 0 amide bonds. The average molecular weight is 143 g/mol. The largest absolute Gasteiger partial charge is 0.466 e. The van der Waals surface area contributed by atoms with Gasteiger partial charge in [0.1, 0.15) is 5.76 Å². The van der Waals surface area contributed by atoms with Gasteiger partial charge in [0.15, 0.2) is 5.67 Å². The second-order valence-corrected chi connectivity index (χ2v) is 2.38. The fraction of sp³-hybridized carbons (Fsp3) is 0.429. The number of halogens is 1. The van der Waals surface area contributed by atoms with Crippen molar-refractivity contribution < 1.29 is 8.81 Å². The van der Waals surface area contributed by atoms with Gasteiger partial charge in [0.2, 0.25) is 0 Å². The molecular formula is C7H10FNO. The maximum absolute atomic E-state index is 13.2. The lowest BCUT2D eigenvalue weighted by molar-refractivity contribution is 0.164. The fourth-order valence-corrected chi connectivity index (χ4v) is 0.676. The van der Waals surface area contributed by atoms with Gasteiger partial charge in [0, 0.05) is 6.54 Å². The summed E-state index contributed by atoms with van der Waals surface area (Å²) >= 11 is 0. The third-order valence-electron chi connectivity index (χ3n) is 1.42. The zero-order valence-electron chi connectivity index (χ0n) is 5.80. The summed E-state index contributed by atoms with van der Waals surface area (Å²) in [6, 6.07) is 3.22. The molecule has 0 saturated carbocycles. The van der Waals surface area contributed by atoms with E-state index < -0.39 is 5.67 Å². The first-order valence-corrected chi connectivity index (χ1v) is 3.10. The first-order valence-electron chi connectivity index (χ1n) is 3.10. The van der Waals surface area contributed by atoms with Crippen LogP contribution in [-0.2, 0) is 5.67 Å². The first-order chi connectivity index (χ1) is 4.67. The van der Waals surface area contributed by atoms with Crippen molar-refractivity contribution in [3.8, 4) is 0 Å². The van der Waals surface area contributed by atoms with Crippen molar-refractivity contribution in [1.82, 2.24) is 0 Å². The van der Waals surface area contributed by atoms with E-state index in [9.17, 15) is 4.39 Å². The minimum atomic E-state index is -1.52. The number of furan rings is 1. The normalized spacial score (nSPS) is 16.7. The molecule has 0 aliphatic rings. The van der Waals surface area contributed by atoms with Gasteiger partial charge in [-0.2, -0.15) is 0 Å². The lowest BCUT2D eigenvalue weighted by atomic mass is 10.1. The molecule has 0 bridgehead atoms. The zero-order chi connectivity index (χ0) is 7.61.